The van der Waals surface area contributed by atoms with Gasteiger partial charge >= 0.3 is 0 Å². The average Bonchev–Trinajstić information content (AvgIpc) is 2.44. The predicted molar refractivity (Wildman–Crippen MR) is 58.6 cm³/mol. The molecule has 5 heteroatoms. The molecular formula is C10H11FN4. The Balaban J connectivity index is 2.79. The van der Waals surface area contributed by atoms with E-state index in [2.05, 4.69) is 10.1 Å². The van der Waals surface area contributed by atoms with Crippen LogP contribution >= 0.6 is 0 Å². The van der Waals surface area contributed by atoms with Crippen molar-refractivity contribution in [3.8, 4) is 0 Å². The van der Waals surface area contributed by atoms with Crippen LogP contribution in [0.5, 0.6) is 0 Å². The Morgan fingerprint density at radius 1 is 1.53 bits per heavy atom. The number of aryl methyl sites for hydroxylation is 1. The molecule has 15 heavy (non-hydrogen) atoms. The largest absolute Gasteiger partial charge is 0.398 e. The van der Waals surface area contributed by atoms with Gasteiger partial charge in [-0.15, -0.1) is 5.10 Å². The van der Waals surface area contributed by atoms with Gasteiger partial charge in [-0.2, -0.15) is 4.39 Å². The van der Waals surface area contributed by atoms with Gasteiger partial charge in [0.25, 0.3) is 0 Å². The lowest BCUT2D eigenvalue weighted by Gasteiger charge is -2.00. The minimum Gasteiger partial charge on any atom is -0.398 e. The summed E-state index contributed by atoms with van der Waals surface area (Å²) in [6.45, 7) is 0. The molecule has 0 atom stereocenters. The van der Waals surface area contributed by atoms with E-state index in [1.54, 1.807) is 32.4 Å². The van der Waals surface area contributed by atoms with Crippen molar-refractivity contribution in [3.63, 3.8) is 0 Å². The fourth-order valence-electron chi connectivity index (χ4n) is 1.54. The minimum absolute atomic E-state index is 0.434. The van der Waals surface area contributed by atoms with Gasteiger partial charge in [-0.25, -0.2) is 0 Å². The molecular weight excluding hydrogens is 195 g/mol. The van der Waals surface area contributed by atoms with Crippen LogP contribution in [0.15, 0.2) is 17.1 Å². The molecule has 0 saturated carbocycles. The van der Waals surface area contributed by atoms with Crippen LogP contribution in [0.3, 0.4) is 0 Å². The van der Waals surface area contributed by atoms with Crippen molar-refractivity contribution in [1.82, 2.24) is 9.78 Å². The van der Waals surface area contributed by atoms with Crippen molar-refractivity contribution in [2.45, 2.75) is 0 Å². The molecule has 0 unspecified atom stereocenters. The van der Waals surface area contributed by atoms with Crippen LogP contribution in [-0.2, 0) is 7.05 Å². The Morgan fingerprint density at radius 2 is 2.27 bits per heavy atom. The summed E-state index contributed by atoms with van der Waals surface area (Å²) in [5.41, 5.74) is 7.73. The normalized spacial score (nSPS) is 11.7. The molecule has 1 aromatic heterocycles. The van der Waals surface area contributed by atoms with Gasteiger partial charge < -0.3 is 5.73 Å². The van der Waals surface area contributed by atoms with Gasteiger partial charge in [0.2, 0.25) is 5.95 Å². The zero-order valence-corrected chi connectivity index (χ0v) is 8.53. The third kappa shape index (κ3) is 1.45. The first-order valence-electron chi connectivity index (χ1n) is 4.47. The third-order valence-corrected chi connectivity index (χ3v) is 2.28. The molecule has 0 fully saturated rings. The number of hydrogen-bond donors (Lipinski definition) is 1. The number of aliphatic imine (C=N–C) groups is 1. The smallest absolute Gasteiger partial charge is 0.240 e. The fourth-order valence-corrected chi connectivity index (χ4v) is 1.54. The fraction of sp³-hybridized carbons (Fsp3) is 0.200. The molecule has 0 aliphatic heterocycles. The van der Waals surface area contributed by atoms with Crippen molar-refractivity contribution in [2.75, 3.05) is 12.8 Å². The van der Waals surface area contributed by atoms with Crippen LogP contribution in [-0.4, -0.2) is 23.0 Å². The van der Waals surface area contributed by atoms with Crippen molar-refractivity contribution in [3.05, 3.63) is 23.6 Å². The molecule has 2 rings (SSSR count). The van der Waals surface area contributed by atoms with E-state index in [1.807, 2.05) is 0 Å². The molecule has 0 bridgehead atoms. The second kappa shape index (κ2) is 3.34. The van der Waals surface area contributed by atoms with Gasteiger partial charge in [0.15, 0.2) is 0 Å². The van der Waals surface area contributed by atoms with Crippen molar-refractivity contribution >= 4 is 22.8 Å². The van der Waals surface area contributed by atoms with E-state index in [0.717, 1.165) is 5.56 Å². The quantitative estimate of drug-likeness (QED) is 0.565. The summed E-state index contributed by atoms with van der Waals surface area (Å²) in [5, 5.41) is 4.12. The molecule has 0 aliphatic carbocycles. The zero-order chi connectivity index (χ0) is 11.0. The number of rotatable bonds is 1. The van der Waals surface area contributed by atoms with E-state index in [0.29, 0.717) is 16.6 Å². The first kappa shape index (κ1) is 9.64. The van der Waals surface area contributed by atoms with Crippen LogP contribution in [0.25, 0.3) is 10.9 Å². The van der Waals surface area contributed by atoms with Crippen LogP contribution in [0.1, 0.15) is 5.56 Å². The van der Waals surface area contributed by atoms with Crippen LogP contribution in [0.2, 0.25) is 0 Å². The van der Waals surface area contributed by atoms with Gasteiger partial charge in [0.1, 0.15) is 0 Å². The Hall–Kier alpha value is -1.91. The summed E-state index contributed by atoms with van der Waals surface area (Å²) in [5.74, 6) is -0.501. The summed E-state index contributed by atoms with van der Waals surface area (Å²) in [6.07, 6.45) is 1.64. The lowest BCUT2D eigenvalue weighted by atomic mass is 10.1. The number of benzene rings is 1. The highest BCUT2D eigenvalue weighted by Crippen LogP contribution is 2.22. The van der Waals surface area contributed by atoms with Crippen molar-refractivity contribution in [2.24, 2.45) is 12.0 Å². The highest BCUT2D eigenvalue weighted by molar-refractivity contribution is 5.95. The van der Waals surface area contributed by atoms with Crippen molar-refractivity contribution < 1.29 is 4.39 Å². The number of aromatic nitrogens is 2. The van der Waals surface area contributed by atoms with E-state index in [4.69, 9.17) is 5.73 Å². The monoisotopic (exact) mass is 206 g/mol. The number of nitrogen functional groups attached to an aromatic ring is 1. The molecule has 0 aliphatic rings. The van der Waals surface area contributed by atoms with Gasteiger partial charge in [0.05, 0.1) is 10.9 Å². The maximum atomic E-state index is 13.3. The Kier molecular flexibility index (Phi) is 2.15. The first-order chi connectivity index (χ1) is 7.13. The SMILES string of the molecule is CN=Cc1cc2c(cc1N)c(F)nn2C. The second-order valence-electron chi connectivity index (χ2n) is 3.30. The molecule has 1 heterocycles. The molecule has 2 N–H and O–H groups in total. The number of nitrogens with two attached hydrogens (primary N) is 1. The van der Waals surface area contributed by atoms with E-state index in [-0.39, 0.29) is 0 Å². The molecule has 78 valence electrons. The molecule has 4 nitrogen and oxygen atoms in total. The van der Waals surface area contributed by atoms with E-state index < -0.39 is 5.95 Å². The van der Waals surface area contributed by atoms with Gasteiger partial charge in [0, 0.05) is 31.6 Å². The number of fused-ring (bicyclic) bond motifs is 1. The molecule has 2 aromatic rings. The molecule has 1 aromatic carbocycles. The summed E-state index contributed by atoms with van der Waals surface area (Å²) in [6, 6.07) is 3.35. The topological polar surface area (TPSA) is 56.2 Å². The van der Waals surface area contributed by atoms with Crippen molar-refractivity contribution in [1.29, 1.82) is 0 Å². The Bertz CT molecular complexity index is 542. The number of nitrogens with zero attached hydrogens (tertiary/aromatic N) is 3. The maximum absolute atomic E-state index is 13.3. The molecule has 0 spiro atoms. The minimum atomic E-state index is -0.501. The van der Waals surface area contributed by atoms with Crippen LogP contribution in [0, 0.1) is 5.95 Å². The Labute approximate surface area is 86.2 Å². The second-order valence-corrected chi connectivity index (χ2v) is 3.30. The van der Waals surface area contributed by atoms with Crippen LogP contribution in [0.4, 0.5) is 10.1 Å². The lowest BCUT2D eigenvalue weighted by Crippen LogP contribution is -1.95. The zero-order valence-electron chi connectivity index (χ0n) is 8.53. The summed E-state index contributed by atoms with van der Waals surface area (Å²) < 4.78 is 14.8. The molecule has 0 saturated heterocycles. The number of halogens is 1. The highest BCUT2D eigenvalue weighted by atomic mass is 19.1. The maximum Gasteiger partial charge on any atom is 0.240 e. The van der Waals surface area contributed by atoms with Gasteiger partial charge in [-0.3, -0.25) is 9.67 Å². The molecule has 0 amide bonds. The van der Waals surface area contributed by atoms with E-state index >= 15 is 0 Å². The van der Waals surface area contributed by atoms with Gasteiger partial charge in [-0.1, -0.05) is 0 Å². The summed E-state index contributed by atoms with van der Waals surface area (Å²) in [4.78, 5) is 3.88. The highest BCUT2D eigenvalue weighted by Gasteiger charge is 2.10. The number of hydrogen-bond acceptors (Lipinski definition) is 3. The number of anilines is 1. The summed E-state index contributed by atoms with van der Waals surface area (Å²) in [7, 11) is 3.35. The Morgan fingerprint density at radius 3 is 2.93 bits per heavy atom. The third-order valence-electron chi connectivity index (χ3n) is 2.28. The van der Waals surface area contributed by atoms with Crippen LogP contribution < -0.4 is 5.73 Å². The lowest BCUT2D eigenvalue weighted by molar-refractivity contribution is 0.562. The standard InChI is InChI=1S/C10H11FN4/c1-13-5-6-3-9-7(4-8(6)12)10(11)14-15(9)2/h3-5H,12H2,1-2H3. The summed E-state index contributed by atoms with van der Waals surface area (Å²) >= 11 is 0. The molecule has 0 radical (unpaired) electrons. The van der Waals surface area contributed by atoms with E-state index in [1.165, 1.54) is 4.68 Å². The predicted octanol–water partition coefficient (Wildman–Crippen LogP) is 1.34. The van der Waals surface area contributed by atoms with Gasteiger partial charge in [-0.05, 0) is 12.1 Å². The average molecular weight is 206 g/mol. The first-order valence-corrected chi connectivity index (χ1v) is 4.47. The van der Waals surface area contributed by atoms with E-state index in [9.17, 15) is 4.39 Å².